The van der Waals surface area contributed by atoms with Crippen molar-refractivity contribution in [1.82, 2.24) is 10.3 Å². The van der Waals surface area contributed by atoms with Gasteiger partial charge in [0, 0.05) is 23.5 Å². The molecular formula is C13H12N2O. The zero-order valence-corrected chi connectivity index (χ0v) is 8.73. The third-order valence-electron chi connectivity index (χ3n) is 3.16. The number of aromatic amines is 1. The van der Waals surface area contributed by atoms with Gasteiger partial charge in [-0.2, -0.15) is 0 Å². The van der Waals surface area contributed by atoms with Gasteiger partial charge in [0.15, 0.2) is 0 Å². The molecule has 2 unspecified atom stereocenters. The Kier molecular flexibility index (Phi) is 1.86. The van der Waals surface area contributed by atoms with Gasteiger partial charge >= 0.3 is 0 Å². The van der Waals surface area contributed by atoms with E-state index < -0.39 is 0 Å². The van der Waals surface area contributed by atoms with Crippen molar-refractivity contribution in [3.8, 4) is 0 Å². The fourth-order valence-electron chi connectivity index (χ4n) is 2.43. The number of carbonyl (C=O) groups is 1. The Morgan fingerprint density at radius 1 is 1.31 bits per heavy atom. The summed E-state index contributed by atoms with van der Waals surface area (Å²) in [6.45, 7) is 4.02. The zero-order chi connectivity index (χ0) is 11.1. The third kappa shape index (κ3) is 1.18. The molecule has 0 spiro atoms. The van der Waals surface area contributed by atoms with Crippen LogP contribution in [0.4, 0.5) is 0 Å². The van der Waals surface area contributed by atoms with E-state index in [4.69, 9.17) is 0 Å². The van der Waals surface area contributed by atoms with Gasteiger partial charge in [-0.15, -0.1) is 0 Å². The van der Waals surface area contributed by atoms with Gasteiger partial charge in [0.1, 0.15) is 0 Å². The summed E-state index contributed by atoms with van der Waals surface area (Å²) in [5.74, 6) is -0.0570. The van der Waals surface area contributed by atoms with Gasteiger partial charge in [0.25, 0.3) is 0 Å². The molecule has 0 saturated carbocycles. The highest BCUT2D eigenvalue weighted by molar-refractivity contribution is 5.90. The molecule has 3 nitrogen and oxygen atoms in total. The molecule has 3 heteroatoms. The van der Waals surface area contributed by atoms with E-state index in [0.717, 1.165) is 17.0 Å². The molecule has 1 aromatic heterocycles. The van der Waals surface area contributed by atoms with E-state index in [9.17, 15) is 4.79 Å². The molecule has 1 aliphatic heterocycles. The zero-order valence-electron chi connectivity index (χ0n) is 8.73. The number of fused-ring (bicyclic) bond motifs is 1. The summed E-state index contributed by atoms with van der Waals surface area (Å²) in [5.41, 5.74) is 2.88. The van der Waals surface area contributed by atoms with Crippen molar-refractivity contribution in [3.05, 3.63) is 60.1 Å². The van der Waals surface area contributed by atoms with E-state index in [1.807, 2.05) is 36.6 Å². The standard InChI is InChI=1S/C13H12N2O/c1-8-4-2-5-10-11(8)12(13(16)15-10)9-6-3-7-14-9/h2-7,11-12,14H,1H2,(H,15,16). The fraction of sp³-hybridized carbons (Fsp3) is 0.154. The van der Waals surface area contributed by atoms with Gasteiger partial charge in [-0.1, -0.05) is 18.7 Å². The smallest absolute Gasteiger partial charge is 0.234 e. The van der Waals surface area contributed by atoms with Crippen molar-refractivity contribution in [2.75, 3.05) is 0 Å². The van der Waals surface area contributed by atoms with Crippen LogP contribution in [0.15, 0.2) is 54.4 Å². The SMILES string of the molecule is C=C1C=CC=C2NC(=O)C(c3ccc[nH]3)C12. The highest BCUT2D eigenvalue weighted by Gasteiger charge is 2.41. The third-order valence-corrected chi connectivity index (χ3v) is 3.16. The van der Waals surface area contributed by atoms with E-state index in [1.165, 1.54) is 0 Å². The van der Waals surface area contributed by atoms with Crippen molar-refractivity contribution in [3.63, 3.8) is 0 Å². The monoisotopic (exact) mass is 212 g/mol. The second-order valence-corrected chi connectivity index (χ2v) is 4.13. The molecule has 80 valence electrons. The summed E-state index contributed by atoms with van der Waals surface area (Å²) in [7, 11) is 0. The predicted molar refractivity (Wildman–Crippen MR) is 61.5 cm³/mol. The van der Waals surface area contributed by atoms with Crippen molar-refractivity contribution in [2.24, 2.45) is 5.92 Å². The molecule has 2 atom stereocenters. The molecule has 2 aliphatic rings. The van der Waals surface area contributed by atoms with Crippen LogP contribution in [0.5, 0.6) is 0 Å². The van der Waals surface area contributed by atoms with E-state index in [1.54, 1.807) is 0 Å². The first kappa shape index (κ1) is 9.21. The summed E-state index contributed by atoms with van der Waals surface area (Å²) in [6.07, 6.45) is 7.67. The molecule has 0 bridgehead atoms. The lowest BCUT2D eigenvalue weighted by Crippen LogP contribution is -2.18. The van der Waals surface area contributed by atoms with Crippen LogP contribution in [0.3, 0.4) is 0 Å². The Balaban J connectivity index is 2.06. The predicted octanol–water partition coefficient (Wildman–Crippen LogP) is 1.85. The van der Waals surface area contributed by atoms with Gasteiger partial charge in [-0.25, -0.2) is 0 Å². The number of hydrogen-bond acceptors (Lipinski definition) is 1. The summed E-state index contributed by atoms with van der Waals surface area (Å²) >= 11 is 0. The van der Waals surface area contributed by atoms with Gasteiger partial charge in [0.05, 0.1) is 5.92 Å². The topological polar surface area (TPSA) is 44.9 Å². The fourth-order valence-corrected chi connectivity index (χ4v) is 2.43. The number of aromatic nitrogens is 1. The highest BCUT2D eigenvalue weighted by Crippen LogP contribution is 2.40. The first-order valence-corrected chi connectivity index (χ1v) is 5.28. The van der Waals surface area contributed by atoms with Crippen molar-refractivity contribution in [1.29, 1.82) is 0 Å². The lowest BCUT2D eigenvalue weighted by molar-refractivity contribution is -0.120. The van der Waals surface area contributed by atoms with Gasteiger partial charge < -0.3 is 10.3 Å². The number of hydrogen-bond donors (Lipinski definition) is 2. The molecule has 1 amide bonds. The van der Waals surface area contributed by atoms with Crippen molar-refractivity contribution in [2.45, 2.75) is 5.92 Å². The molecule has 1 fully saturated rings. The summed E-state index contributed by atoms with van der Waals surface area (Å²) < 4.78 is 0. The minimum atomic E-state index is -0.168. The molecule has 1 saturated heterocycles. The van der Waals surface area contributed by atoms with Crippen molar-refractivity contribution < 1.29 is 4.79 Å². The van der Waals surface area contributed by atoms with Gasteiger partial charge in [-0.05, 0) is 23.8 Å². The van der Waals surface area contributed by atoms with E-state index >= 15 is 0 Å². The molecule has 1 aromatic rings. The van der Waals surface area contributed by atoms with E-state index in [-0.39, 0.29) is 17.7 Å². The van der Waals surface area contributed by atoms with Crippen LogP contribution >= 0.6 is 0 Å². The average molecular weight is 212 g/mol. The lowest BCUT2D eigenvalue weighted by Gasteiger charge is -2.19. The van der Waals surface area contributed by atoms with E-state index in [2.05, 4.69) is 16.9 Å². The molecule has 0 radical (unpaired) electrons. The van der Waals surface area contributed by atoms with Crippen LogP contribution in [0.1, 0.15) is 11.6 Å². The Morgan fingerprint density at radius 3 is 2.94 bits per heavy atom. The molecule has 3 rings (SSSR count). The van der Waals surface area contributed by atoms with Crippen molar-refractivity contribution >= 4 is 5.91 Å². The molecule has 1 aliphatic carbocycles. The second kappa shape index (κ2) is 3.23. The Hall–Kier alpha value is -2.03. The average Bonchev–Trinajstić information content (AvgIpc) is 2.84. The van der Waals surface area contributed by atoms with Crippen LogP contribution in [0, 0.1) is 5.92 Å². The maximum Gasteiger partial charge on any atom is 0.234 e. The summed E-state index contributed by atoms with van der Waals surface area (Å²) in [4.78, 5) is 15.1. The normalized spacial score (nSPS) is 27.6. The van der Waals surface area contributed by atoms with Crippen LogP contribution in [0.25, 0.3) is 0 Å². The molecular weight excluding hydrogens is 200 g/mol. The Bertz CT molecular complexity index is 508. The van der Waals surface area contributed by atoms with E-state index in [0.29, 0.717) is 0 Å². The Morgan fingerprint density at radius 2 is 2.19 bits per heavy atom. The first-order valence-electron chi connectivity index (χ1n) is 5.28. The maximum absolute atomic E-state index is 11.9. The number of H-pyrrole nitrogens is 1. The van der Waals surface area contributed by atoms with Crippen LogP contribution < -0.4 is 5.32 Å². The van der Waals surface area contributed by atoms with Gasteiger partial charge in [0.2, 0.25) is 5.91 Å². The Labute approximate surface area is 93.6 Å². The lowest BCUT2D eigenvalue weighted by atomic mass is 9.83. The van der Waals surface area contributed by atoms with Crippen LogP contribution in [0.2, 0.25) is 0 Å². The van der Waals surface area contributed by atoms with Gasteiger partial charge in [-0.3, -0.25) is 4.79 Å². The quantitative estimate of drug-likeness (QED) is 0.733. The van der Waals surface area contributed by atoms with Crippen LogP contribution in [-0.2, 0) is 4.79 Å². The second-order valence-electron chi connectivity index (χ2n) is 4.13. The minimum absolute atomic E-state index is 0.0450. The highest BCUT2D eigenvalue weighted by atomic mass is 16.2. The summed E-state index contributed by atoms with van der Waals surface area (Å²) in [6, 6.07) is 3.85. The maximum atomic E-state index is 11.9. The molecule has 0 aromatic carbocycles. The minimum Gasteiger partial charge on any atom is -0.364 e. The van der Waals surface area contributed by atoms with Crippen LogP contribution in [-0.4, -0.2) is 10.9 Å². The first-order chi connectivity index (χ1) is 7.77. The molecule has 2 heterocycles. The number of rotatable bonds is 1. The number of carbonyl (C=O) groups excluding carboxylic acids is 1. The summed E-state index contributed by atoms with van der Waals surface area (Å²) in [5, 5.41) is 2.91. The number of allylic oxidation sites excluding steroid dienone is 4. The molecule has 2 N–H and O–H groups in total. The molecule has 16 heavy (non-hydrogen) atoms. The number of nitrogens with one attached hydrogen (secondary N) is 2. The largest absolute Gasteiger partial charge is 0.364 e. The number of amides is 1.